The number of halogens is 3. The van der Waals surface area contributed by atoms with Crippen LogP contribution in [0.25, 0.3) is 11.1 Å². The van der Waals surface area contributed by atoms with E-state index in [1.807, 2.05) is 0 Å². The van der Waals surface area contributed by atoms with Gasteiger partial charge in [0.1, 0.15) is 6.33 Å². The Hall–Kier alpha value is -0.260. The fourth-order valence-electron chi connectivity index (χ4n) is 1.12. The normalized spacial score (nSPS) is 11.4. The second-order valence-electron chi connectivity index (χ2n) is 3.17. The van der Waals surface area contributed by atoms with E-state index in [1.54, 1.807) is 12.3 Å². The van der Waals surface area contributed by atoms with Crippen molar-refractivity contribution in [1.29, 1.82) is 0 Å². The molecule has 0 radical (unpaired) electrons. The van der Waals surface area contributed by atoms with Crippen molar-refractivity contribution in [1.82, 2.24) is 9.97 Å². The Morgan fingerprint density at radius 3 is 1.62 bits per heavy atom. The number of aromatic nitrogens is 2. The van der Waals surface area contributed by atoms with Crippen LogP contribution in [0, 0.1) is 0 Å². The lowest BCUT2D eigenvalue weighted by Gasteiger charge is -2.10. The molecule has 0 saturated carbocycles. The van der Waals surface area contributed by atoms with Gasteiger partial charge in [-0.15, -0.1) is 0 Å². The van der Waals surface area contributed by atoms with Gasteiger partial charge in [0.05, 0.1) is 5.69 Å². The van der Waals surface area contributed by atoms with Gasteiger partial charge in [0.2, 0.25) is 0 Å². The maximum atomic E-state index is 4.00. The summed E-state index contributed by atoms with van der Waals surface area (Å²) in [5.41, 5.74) is 3.69. The number of benzene rings is 1. The molecule has 0 bridgehead atoms. The van der Waals surface area contributed by atoms with Gasteiger partial charge in [-0.3, -0.25) is 0 Å². The number of fused-ring (bicyclic) bond motifs is 1. The molecule has 0 unspecified atom stereocenters. The van der Waals surface area contributed by atoms with Crippen LogP contribution in [0.2, 0.25) is 0 Å². The molecule has 1 aromatic rings. The van der Waals surface area contributed by atoms with Crippen LogP contribution in [0.3, 0.4) is 0 Å². The Balaban J connectivity index is 0.000000134. The van der Waals surface area contributed by atoms with Crippen LogP contribution < -0.4 is 0 Å². The summed E-state index contributed by atoms with van der Waals surface area (Å²) in [6.45, 7) is 0. The molecule has 0 amide bonds. The first kappa shape index (κ1) is 12.2. The molecule has 2 aliphatic carbocycles. The third kappa shape index (κ3) is 2.90. The first-order valence-electron chi connectivity index (χ1n) is 4.51. The Morgan fingerprint density at radius 1 is 0.875 bits per heavy atom. The number of nitrogens with zero attached hydrogens (tertiary/aromatic N) is 2. The average Bonchev–Trinajstić information content (AvgIpc) is 2.24. The smallest absolute Gasteiger partial charge is 0.176 e. The summed E-state index contributed by atoms with van der Waals surface area (Å²) in [6, 6.07) is 10.3. The fraction of sp³-hybridized carbons (Fsp3) is 0.0909. The van der Waals surface area contributed by atoms with Gasteiger partial charge in [0.25, 0.3) is 0 Å². The van der Waals surface area contributed by atoms with Gasteiger partial charge in [0.15, 0.2) is 2.14 Å². The van der Waals surface area contributed by atoms with Crippen molar-refractivity contribution in [2.45, 2.75) is 2.14 Å². The maximum Gasteiger partial charge on any atom is 0.176 e. The molecule has 2 aliphatic rings. The third-order valence-corrected chi connectivity index (χ3v) is 3.31. The third-order valence-electron chi connectivity index (χ3n) is 2.09. The van der Waals surface area contributed by atoms with E-state index in [2.05, 4.69) is 82.0 Å². The number of hydrogen-bond donors (Lipinski definition) is 0. The Morgan fingerprint density at radius 2 is 1.44 bits per heavy atom. The van der Waals surface area contributed by atoms with Gasteiger partial charge in [0, 0.05) is 6.20 Å². The minimum Gasteiger partial charge on any atom is -0.245 e. The van der Waals surface area contributed by atoms with Gasteiger partial charge in [-0.05, 0) is 17.2 Å². The van der Waals surface area contributed by atoms with Crippen molar-refractivity contribution in [3.05, 3.63) is 48.5 Å². The number of rotatable bonds is 0. The van der Waals surface area contributed by atoms with Gasteiger partial charge in [-0.2, -0.15) is 0 Å². The van der Waals surface area contributed by atoms with Crippen LogP contribution in [0.1, 0.15) is 5.69 Å². The largest absolute Gasteiger partial charge is 0.245 e. The molecule has 0 aromatic carbocycles. The van der Waals surface area contributed by atoms with E-state index >= 15 is 0 Å². The molecular formula is C11H7Br3N2. The molecule has 0 atom stereocenters. The maximum absolute atomic E-state index is 4.00. The van der Waals surface area contributed by atoms with E-state index in [9.17, 15) is 0 Å². The van der Waals surface area contributed by atoms with Crippen LogP contribution in [0.15, 0.2) is 42.9 Å². The molecule has 5 heteroatoms. The zero-order valence-corrected chi connectivity index (χ0v) is 12.8. The van der Waals surface area contributed by atoms with E-state index in [-0.39, 0.29) is 0 Å². The van der Waals surface area contributed by atoms with Crippen LogP contribution >= 0.6 is 47.8 Å². The molecule has 16 heavy (non-hydrogen) atoms. The van der Waals surface area contributed by atoms with Crippen LogP contribution in [0.4, 0.5) is 0 Å². The first-order chi connectivity index (χ1) is 7.57. The standard InChI is InChI=1S/C6H4.C5H3Br3N2/c1-2-6-4-3-5(1)6;6-5(7,8)4-1-2-9-3-10-4/h1-4H;1-3H. The molecule has 2 nitrogen and oxygen atoms in total. The summed E-state index contributed by atoms with van der Waals surface area (Å²) in [5, 5.41) is 0. The molecule has 1 heterocycles. The summed E-state index contributed by atoms with van der Waals surface area (Å²) < 4.78 is -0.421. The van der Waals surface area contributed by atoms with E-state index < -0.39 is 2.14 Å². The first-order valence-corrected chi connectivity index (χ1v) is 6.89. The van der Waals surface area contributed by atoms with Crippen molar-refractivity contribution < 1.29 is 0 Å². The summed E-state index contributed by atoms with van der Waals surface area (Å²) >= 11 is 9.99. The Bertz CT molecular complexity index is 442. The van der Waals surface area contributed by atoms with E-state index in [4.69, 9.17) is 0 Å². The van der Waals surface area contributed by atoms with E-state index in [0.717, 1.165) is 5.69 Å². The summed E-state index contributed by atoms with van der Waals surface area (Å²) in [5.74, 6) is 0. The molecule has 82 valence electrons. The highest BCUT2D eigenvalue weighted by Crippen LogP contribution is 2.42. The van der Waals surface area contributed by atoms with Crippen LogP contribution in [-0.4, -0.2) is 9.97 Å². The average molecular weight is 407 g/mol. The number of hydrogen-bond acceptors (Lipinski definition) is 2. The second kappa shape index (κ2) is 4.94. The molecular weight excluding hydrogens is 400 g/mol. The minimum atomic E-state index is -0.421. The molecule has 0 N–H and O–H groups in total. The monoisotopic (exact) mass is 404 g/mol. The Labute approximate surface area is 119 Å². The molecule has 0 saturated heterocycles. The zero-order chi connectivity index (χ0) is 11.6. The fourth-order valence-corrected chi connectivity index (χ4v) is 1.82. The molecule has 0 fully saturated rings. The van der Waals surface area contributed by atoms with Crippen molar-refractivity contribution in [2.24, 2.45) is 0 Å². The lowest BCUT2D eigenvalue weighted by molar-refractivity contribution is 1.07. The highest BCUT2D eigenvalue weighted by molar-refractivity contribution is 9.38. The molecule has 3 rings (SSSR count). The predicted molar refractivity (Wildman–Crippen MR) is 75.9 cm³/mol. The SMILES string of the molecule is BrC(Br)(Br)c1ccncn1.c1cc2ccc1-2. The van der Waals surface area contributed by atoms with E-state index in [1.165, 1.54) is 17.5 Å². The van der Waals surface area contributed by atoms with Crippen molar-refractivity contribution in [2.75, 3.05) is 0 Å². The lowest BCUT2D eigenvalue weighted by atomic mass is 9.95. The molecule has 1 aromatic heterocycles. The molecule has 0 spiro atoms. The van der Waals surface area contributed by atoms with Gasteiger partial charge in [-0.25, -0.2) is 9.97 Å². The predicted octanol–water partition coefficient (Wildman–Crippen LogP) is 4.44. The second-order valence-corrected chi connectivity index (χ2v) is 9.93. The van der Waals surface area contributed by atoms with Crippen molar-refractivity contribution >= 4 is 47.8 Å². The van der Waals surface area contributed by atoms with Gasteiger partial charge < -0.3 is 0 Å². The highest BCUT2D eigenvalue weighted by atomic mass is 80.0. The van der Waals surface area contributed by atoms with Crippen LogP contribution in [-0.2, 0) is 2.14 Å². The minimum absolute atomic E-state index is 0.421. The summed E-state index contributed by atoms with van der Waals surface area (Å²) in [4.78, 5) is 7.78. The van der Waals surface area contributed by atoms with Gasteiger partial charge in [-0.1, -0.05) is 72.1 Å². The van der Waals surface area contributed by atoms with Crippen molar-refractivity contribution in [3.8, 4) is 11.1 Å². The highest BCUT2D eigenvalue weighted by Gasteiger charge is 2.21. The zero-order valence-electron chi connectivity index (χ0n) is 8.07. The molecule has 0 aliphatic heterocycles. The summed E-state index contributed by atoms with van der Waals surface area (Å²) in [6.07, 6.45) is 3.18. The lowest BCUT2D eigenvalue weighted by Crippen LogP contribution is -2.00. The topological polar surface area (TPSA) is 25.8 Å². The summed E-state index contributed by atoms with van der Waals surface area (Å²) in [7, 11) is 0. The Kier molecular flexibility index (Phi) is 3.77. The quantitative estimate of drug-likeness (QED) is 0.516. The van der Waals surface area contributed by atoms with Crippen molar-refractivity contribution in [3.63, 3.8) is 0 Å². The van der Waals surface area contributed by atoms with E-state index in [0.29, 0.717) is 0 Å². The van der Waals surface area contributed by atoms with Crippen LogP contribution in [0.5, 0.6) is 0 Å². The number of alkyl halides is 3. The van der Waals surface area contributed by atoms with Gasteiger partial charge >= 0.3 is 0 Å².